The van der Waals surface area contributed by atoms with Crippen LogP contribution in [0.3, 0.4) is 0 Å². The molecule has 1 saturated carbocycles. The predicted octanol–water partition coefficient (Wildman–Crippen LogP) is 0.509. The number of carbonyl (C=O) groups is 1. The van der Waals surface area contributed by atoms with Gasteiger partial charge in [0.25, 0.3) is 0 Å². The first-order valence-corrected chi connectivity index (χ1v) is 5.22. The minimum absolute atomic E-state index is 0.0272. The van der Waals surface area contributed by atoms with E-state index in [1.807, 2.05) is 0 Å². The topological polar surface area (TPSA) is 41.1 Å². The molecule has 1 amide bonds. The Morgan fingerprint density at radius 3 is 2.62 bits per heavy atom. The fourth-order valence-corrected chi connectivity index (χ4v) is 1.98. The Balaban J connectivity index is 1.96. The molecule has 1 saturated heterocycles. The zero-order chi connectivity index (χ0) is 9.42. The third-order valence-electron chi connectivity index (χ3n) is 3.03. The van der Waals surface area contributed by atoms with Crippen molar-refractivity contribution >= 4 is 5.91 Å². The number of nitrogens with one attached hydrogen (secondary N) is 2. The van der Waals surface area contributed by atoms with E-state index in [2.05, 4.69) is 24.5 Å². The Morgan fingerprint density at radius 1 is 1.38 bits per heavy atom. The van der Waals surface area contributed by atoms with E-state index in [0.29, 0.717) is 12.0 Å². The largest absolute Gasteiger partial charge is 0.353 e. The van der Waals surface area contributed by atoms with Gasteiger partial charge >= 0.3 is 0 Å². The minimum Gasteiger partial charge on any atom is -0.353 e. The van der Waals surface area contributed by atoms with Crippen LogP contribution in [-0.4, -0.2) is 24.5 Å². The summed E-state index contributed by atoms with van der Waals surface area (Å²) in [5.41, 5.74) is 0. The van der Waals surface area contributed by atoms with Crippen LogP contribution in [0.15, 0.2) is 0 Å². The Hall–Kier alpha value is -0.570. The molecule has 2 aliphatic rings. The SMILES string of the molecule is CC(C)C1NC(C2CC2)CNC1=O. The van der Waals surface area contributed by atoms with Crippen LogP contribution in [0.2, 0.25) is 0 Å². The van der Waals surface area contributed by atoms with E-state index in [0.717, 1.165) is 12.5 Å². The Labute approximate surface area is 79.3 Å². The zero-order valence-corrected chi connectivity index (χ0v) is 8.34. The van der Waals surface area contributed by atoms with E-state index < -0.39 is 0 Å². The summed E-state index contributed by atoms with van der Waals surface area (Å²) in [7, 11) is 0. The smallest absolute Gasteiger partial charge is 0.237 e. The fourth-order valence-electron chi connectivity index (χ4n) is 1.98. The third kappa shape index (κ3) is 1.85. The maximum atomic E-state index is 11.5. The maximum Gasteiger partial charge on any atom is 0.237 e. The number of piperazine rings is 1. The fraction of sp³-hybridized carbons (Fsp3) is 0.900. The summed E-state index contributed by atoms with van der Waals surface area (Å²) in [6.07, 6.45) is 2.66. The van der Waals surface area contributed by atoms with Crippen molar-refractivity contribution in [2.75, 3.05) is 6.54 Å². The molecule has 0 spiro atoms. The summed E-state index contributed by atoms with van der Waals surface area (Å²) >= 11 is 0. The number of amides is 1. The zero-order valence-electron chi connectivity index (χ0n) is 8.34. The van der Waals surface area contributed by atoms with Crippen LogP contribution in [0.4, 0.5) is 0 Å². The van der Waals surface area contributed by atoms with Gasteiger partial charge < -0.3 is 10.6 Å². The summed E-state index contributed by atoms with van der Waals surface area (Å²) in [5, 5.41) is 6.44. The second-order valence-electron chi connectivity index (χ2n) is 4.58. The number of carbonyl (C=O) groups excluding carboxylic acids is 1. The Kier molecular flexibility index (Phi) is 2.28. The Morgan fingerprint density at radius 2 is 2.08 bits per heavy atom. The van der Waals surface area contributed by atoms with Crippen LogP contribution in [0.25, 0.3) is 0 Å². The normalized spacial score (nSPS) is 34.8. The standard InChI is InChI=1S/C10H18N2O/c1-6(2)9-10(13)11-5-8(12-9)7-3-4-7/h6-9,12H,3-5H2,1-2H3,(H,11,13). The van der Waals surface area contributed by atoms with Crippen molar-refractivity contribution in [3.05, 3.63) is 0 Å². The molecule has 2 unspecified atom stereocenters. The van der Waals surface area contributed by atoms with Crippen molar-refractivity contribution in [1.82, 2.24) is 10.6 Å². The first kappa shape index (κ1) is 9.00. The molecule has 3 heteroatoms. The van der Waals surface area contributed by atoms with E-state index in [1.165, 1.54) is 12.8 Å². The molecule has 0 radical (unpaired) electrons. The molecule has 2 atom stereocenters. The van der Waals surface area contributed by atoms with Crippen LogP contribution in [-0.2, 0) is 4.79 Å². The van der Waals surface area contributed by atoms with Gasteiger partial charge in [-0.2, -0.15) is 0 Å². The second kappa shape index (κ2) is 3.29. The predicted molar refractivity (Wildman–Crippen MR) is 51.3 cm³/mol. The molecule has 1 aliphatic heterocycles. The molecule has 1 aliphatic carbocycles. The van der Waals surface area contributed by atoms with Gasteiger partial charge in [-0.15, -0.1) is 0 Å². The highest BCUT2D eigenvalue weighted by Crippen LogP contribution is 2.33. The first-order valence-electron chi connectivity index (χ1n) is 5.22. The molecule has 74 valence electrons. The molecule has 2 N–H and O–H groups in total. The average molecular weight is 182 g/mol. The van der Waals surface area contributed by atoms with Gasteiger partial charge in [0.2, 0.25) is 5.91 Å². The minimum atomic E-state index is 0.0272. The van der Waals surface area contributed by atoms with Gasteiger partial charge in [-0.3, -0.25) is 4.79 Å². The summed E-state index contributed by atoms with van der Waals surface area (Å²) in [4.78, 5) is 11.5. The van der Waals surface area contributed by atoms with Gasteiger partial charge in [0, 0.05) is 12.6 Å². The monoisotopic (exact) mass is 182 g/mol. The molecule has 1 heterocycles. The van der Waals surface area contributed by atoms with Crippen LogP contribution in [0.5, 0.6) is 0 Å². The molecule has 3 nitrogen and oxygen atoms in total. The third-order valence-corrected chi connectivity index (χ3v) is 3.03. The highest BCUT2D eigenvalue weighted by Gasteiger charge is 2.38. The molecular weight excluding hydrogens is 164 g/mol. The molecular formula is C10H18N2O. The van der Waals surface area contributed by atoms with Crippen LogP contribution < -0.4 is 10.6 Å². The van der Waals surface area contributed by atoms with Crippen molar-refractivity contribution in [1.29, 1.82) is 0 Å². The number of rotatable bonds is 2. The van der Waals surface area contributed by atoms with Crippen molar-refractivity contribution < 1.29 is 4.79 Å². The highest BCUT2D eigenvalue weighted by molar-refractivity contribution is 5.82. The molecule has 0 bridgehead atoms. The number of hydrogen-bond donors (Lipinski definition) is 2. The average Bonchev–Trinajstić information content (AvgIpc) is 2.87. The highest BCUT2D eigenvalue weighted by atomic mass is 16.2. The summed E-state index contributed by atoms with van der Waals surface area (Å²) in [6.45, 7) is 5.01. The van der Waals surface area contributed by atoms with E-state index >= 15 is 0 Å². The number of hydrogen-bond acceptors (Lipinski definition) is 2. The van der Waals surface area contributed by atoms with Crippen molar-refractivity contribution in [3.63, 3.8) is 0 Å². The van der Waals surface area contributed by atoms with Crippen molar-refractivity contribution in [2.24, 2.45) is 11.8 Å². The van der Waals surface area contributed by atoms with Crippen LogP contribution in [0.1, 0.15) is 26.7 Å². The lowest BCUT2D eigenvalue weighted by atomic mass is 9.98. The molecule has 2 fully saturated rings. The van der Waals surface area contributed by atoms with E-state index in [1.54, 1.807) is 0 Å². The quantitative estimate of drug-likeness (QED) is 0.653. The molecule has 0 aromatic rings. The van der Waals surface area contributed by atoms with Gasteiger partial charge in [-0.25, -0.2) is 0 Å². The summed E-state index contributed by atoms with van der Waals surface area (Å²) in [6, 6.07) is 0.560. The van der Waals surface area contributed by atoms with Gasteiger partial charge in [-0.1, -0.05) is 13.8 Å². The Bertz CT molecular complexity index is 211. The van der Waals surface area contributed by atoms with Gasteiger partial charge in [0.1, 0.15) is 0 Å². The second-order valence-corrected chi connectivity index (χ2v) is 4.58. The van der Waals surface area contributed by atoms with Gasteiger partial charge in [0.15, 0.2) is 0 Å². The molecule has 0 aromatic carbocycles. The summed E-state index contributed by atoms with van der Waals surface area (Å²) in [5.74, 6) is 1.38. The van der Waals surface area contributed by atoms with E-state index in [4.69, 9.17) is 0 Å². The molecule has 2 rings (SSSR count). The van der Waals surface area contributed by atoms with E-state index in [9.17, 15) is 4.79 Å². The van der Waals surface area contributed by atoms with Crippen molar-refractivity contribution in [3.8, 4) is 0 Å². The lowest BCUT2D eigenvalue weighted by molar-refractivity contribution is -0.126. The van der Waals surface area contributed by atoms with E-state index in [-0.39, 0.29) is 11.9 Å². The van der Waals surface area contributed by atoms with Crippen LogP contribution >= 0.6 is 0 Å². The maximum absolute atomic E-state index is 11.5. The lowest BCUT2D eigenvalue weighted by Crippen LogP contribution is -2.60. The molecule has 13 heavy (non-hydrogen) atoms. The molecule has 0 aromatic heterocycles. The van der Waals surface area contributed by atoms with Gasteiger partial charge in [-0.05, 0) is 24.7 Å². The summed E-state index contributed by atoms with van der Waals surface area (Å²) < 4.78 is 0. The first-order chi connectivity index (χ1) is 6.18. The van der Waals surface area contributed by atoms with Crippen molar-refractivity contribution in [2.45, 2.75) is 38.8 Å². The lowest BCUT2D eigenvalue weighted by Gasteiger charge is -2.33. The van der Waals surface area contributed by atoms with Gasteiger partial charge in [0.05, 0.1) is 6.04 Å². The van der Waals surface area contributed by atoms with Crippen LogP contribution in [0, 0.1) is 11.8 Å².